The van der Waals surface area contributed by atoms with Gasteiger partial charge in [0.15, 0.2) is 0 Å². The molecule has 2 heterocycles. The van der Waals surface area contributed by atoms with Crippen molar-refractivity contribution in [2.24, 2.45) is 11.8 Å². The molecule has 0 aliphatic heterocycles. The summed E-state index contributed by atoms with van der Waals surface area (Å²) in [6, 6.07) is 14.8. The molecular weight excluding hydrogens is 390 g/mol. The van der Waals surface area contributed by atoms with Crippen LogP contribution in [0.4, 0.5) is 5.82 Å². The lowest BCUT2D eigenvalue weighted by atomic mass is 10.1. The number of nitrogens with one attached hydrogen (secondary N) is 2. The van der Waals surface area contributed by atoms with Gasteiger partial charge in [0.1, 0.15) is 5.82 Å². The molecule has 0 unspecified atom stereocenters. The quantitative estimate of drug-likeness (QED) is 0.545. The number of nitrogens with zero attached hydrogens (tertiary/aromatic N) is 3. The van der Waals surface area contributed by atoms with E-state index in [2.05, 4.69) is 21.4 Å². The predicted octanol–water partition coefficient (Wildman–Crippen LogP) is 3.62. The number of carbonyl (C=O) groups is 1. The molecule has 8 heteroatoms. The molecule has 1 aliphatic carbocycles. The second-order valence-corrected chi connectivity index (χ2v) is 7.48. The van der Waals surface area contributed by atoms with E-state index in [0.717, 1.165) is 16.4 Å². The third kappa shape index (κ3) is 2.94. The number of halogens is 1. The number of para-hydroxylation sites is 2. The maximum atomic E-state index is 12.5. The number of benzene rings is 2. The lowest BCUT2D eigenvalue weighted by molar-refractivity contribution is -0.117. The highest BCUT2D eigenvalue weighted by molar-refractivity contribution is 6.35. The molecular formula is C21H14ClN5O2. The first-order chi connectivity index (χ1) is 14.0. The summed E-state index contributed by atoms with van der Waals surface area (Å²) in [6.45, 7) is 0. The molecule has 1 amide bonds. The van der Waals surface area contributed by atoms with Crippen LogP contribution >= 0.6 is 11.6 Å². The van der Waals surface area contributed by atoms with Crippen molar-refractivity contribution in [3.8, 4) is 11.8 Å². The van der Waals surface area contributed by atoms with Gasteiger partial charge < -0.3 is 10.3 Å². The lowest BCUT2D eigenvalue weighted by Crippen LogP contribution is -2.16. The summed E-state index contributed by atoms with van der Waals surface area (Å²) in [4.78, 5) is 31.8. The number of anilines is 1. The van der Waals surface area contributed by atoms with Crippen LogP contribution in [0.2, 0.25) is 5.02 Å². The van der Waals surface area contributed by atoms with Crippen LogP contribution in [0.5, 0.6) is 0 Å². The van der Waals surface area contributed by atoms with Gasteiger partial charge in [0.25, 0.3) is 0 Å². The molecule has 4 aromatic rings. The topological polar surface area (TPSA) is 104 Å². The van der Waals surface area contributed by atoms with Crippen LogP contribution in [0.25, 0.3) is 27.5 Å². The van der Waals surface area contributed by atoms with Crippen molar-refractivity contribution in [2.45, 2.75) is 6.42 Å². The third-order valence-corrected chi connectivity index (χ3v) is 5.48. The van der Waals surface area contributed by atoms with Crippen molar-refractivity contribution in [2.75, 3.05) is 5.32 Å². The van der Waals surface area contributed by atoms with Crippen molar-refractivity contribution >= 4 is 45.1 Å². The molecule has 1 saturated carbocycles. The van der Waals surface area contributed by atoms with Crippen LogP contribution in [0.1, 0.15) is 6.42 Å². The number of imidazole rings is 1. The molecule has 5 rings (SSSR count). The standard InChI is InChI=1S/C21H14ClN5O2/c22-16-8-13(27-18-4-2-1-3-17(18)25-21(27)29)5-11-7-19(24-10-15(11)16)26-20(28)14-6-12(14)9-23/h1-5,7-8,10,12,14H,6H2,(H,25,29)(H,24,26,28)/t12-,14+/m0/s1. The van der Waals surface area contributed by atoms with E-state index in [4.69, 9.17) is 16.9 Å². The predicted molar refractivity (Wildman–Crippen MR) is 110 cm³/mol. The second kappa shape index (κ2) is 6.47. The Balaban J connectivity index is 1.58. The molecule has 0 bridgehead atoms. The van der Waals surface area contributed by atoms with Gasteiger partial charge in [0.05, 0.1) is 39.6 Å². The third-order valence-electron chi connectivity index (χ3n) is 5.16. The summed E-state index contributed by atoms with van der Waals surface area (Å²) in [5.41, 5.74) is 1.82. The summed E-state index contributed by atoms with van der Waals surface area (Å²) >= 11 is 6.45. The number of carbonyl (C=O) groups excluding carboxylic acids is 1. The fourth-order valence-electron chi connectivity index (χ4n) is 3.55. The highest BCUT2D eigenvalue weighted by atomic mass is 35.5. The van der Waals surface area contributed by atoms with Crippen molar-refractivity contribution in [3.63, 3.8) is 0 Å². The number of fused-ring (bicyclic) bond motifs is 2. The Bertz CT molecular complexity index is 1400. The van der Waals surface area contributed by atoms with Crippen LogP contribution in [0, 0.1) is 23.2 Å². The summed E-state index contributed by atoms with van der Waals surface area (Å²) < 4.78 is 1.56. The van der Waals surface area contributed by atoms with Crippen LogP contribution < -0.4 is 11.0 Å². The van der Waals surface area contributed by atoms with Gasteiger partial charge >= 0.3 is 5.69 Å². The fraction of sp³-hybridized carbons (Fsp3) is 0.143. The van der Waals surface area contributed by atoms with E-state index in [-0.39, 0.29) is 23.4 Å². The van der Waals surface area contributed by atoms with Gasteiger partial charge in [0.2, 0.25) is 5.91 Å². The molecule has 29 heavy (non-hydrogen) atoms. The molecule has 7 nitrogen and oxygen atoms in total. The normalized spacial score (nSPS) is 17.9. The molecule has 142 valence electrons. The van der Waals surface area contributed by atoms with E-state index in [1.54, 1.807) is 22.9 Å². The number of H-pyrrole nitrogens is 1. The van der Waals surface area contributed by atoms with E-state index in [0.29, 0.717) is 28.3 Å². The largest absolute Gasteiger partial charge is 0.331 e. The first-order valence-corrected chi connectivity index (χ1v) is 9.43. The zero-order valence-corrected chi connectivity index (χ0v) is 15.8. The van der Waals surface area contributed by atoms with Crippen molar-refractivity contribution < 1.29 is 4.79 Å². The molecule has 0 saturated heterocycles. The Morgan fingerprint density at radius 3 is 2.93 bits per heavy atom. The lowest BCUT2D eigenvalue weighted by Gasteiger charge is -2.09. The van der Waals surface area contributed by atoms with Crippen LogP contribution in [0.3, 0.4) is 0 Å². The Kier molecular flexibility index (Phi) is 3.89. The Labute approximate surface area is 169 Å². The number of hydrogen-bond donors (Lipinski definition) is 2. The number of aromatic nitrogens is 3. The SMILES string of the molecule is N#C[C@@H]1C[C@H]1C(=O)Nc1cc2cc(-n3c(=O)[nH]c4ccccc43)cc(Cl)c2cn1. The van der Waals surface area contributed by atoms with Crippen molar-refractivity contribution in [1.82, 2.24) is 14.5 Å². The summed E-state index contributed by atoms with van der Waals surface area (Å²) in [5, 5.41) is 13.5. The maximum absolute atomic E-state index is 12.5. The zero-order chi connectivity index (χ0) is 20.1. The summed E-state index contributed by atoms with van der Waals surface area (Å²) in [5.74, 6) is -0.327. The Hall–Kier alpha value is -3.63. The number of amides is 1. The molecule has 2 atom stereocenters. The maximum Gasteiger partial charge on any atom is 0.331 e. The van der Waals surface area contributed by atoms with Gasteiger partial charge in [0, 0.05) is 11.6 Å². The number of rotatable bonds is 3. The summed E-state index contributed by atoms with van der Waals surface area (Å²) in [7, 11) is 0. The van der Waals surface area contributed by atoms with Crippen LogP contribution in [0.15, 0.2) is 53.5 Å². The molecule has 1 aliphatic rings. The average molecular weight is 404 g/mol. The minimum atomic E-state index is -0.280. The minimum Gasteiger partial charge on any atom is -0.310 e. The van der Waals surface area contributed by atoms with Crippen molar-refractivity contribution in [1.29, 1.82) is 5.26 Å². The van der Waals surface area contributed by atoms with Gasteiger partial charge in [-0.2, -0.15) is 5.26 Å². The number of aromatic amines is 1. The van der Waals surface area contributed by atoms with Gasteiger partial charge in [-0.05, 0) is 42.1 Å². The Morgan fingerprint density at radius 1 is 1.31 bits per heavy atom. The number of nitriles is 1. The van der Waals surface area contributed by atoms with E-state index in [1.807, 2.05) is 30.3 Å². The molecule has 1 fully saturated rings. The first-order valence-electron chi connectivity index (χ1n) is 9.05. The Morgan fingerprint density at radius 2 is 2.14 bits per heavy atom. The van der Waals surface area contributed by atoms with Gasteiger partial charge in [-0.15, -0.1) is 0 Å². The van der Waals surface area contributed by atoms with Crippen LogP contribution in [-0.4, -0.2) is 20.4 Å². The van der Waals surface area contributed by atoms with Gasteiger partial charge in [-0.25, -0.2) is 9.78 Å². The molecule has 0 spiro atoms. The van der Waals surface area contributed by atoms with E-state index in [1.165, 1.54) is 0 Å². The molecule has 2 N–H and O–H groups in total. The molecule has 2 aromatic heterocycles. The smallest absolute Gasteiger partial charge is 0.310 e. The van der Waals surface area contributed by atoms with E-state index < -0.39 is 0 Å². The molecule has 0 radical (unpaired) electrons. The van der Waals surface area contributed by atoms with Gasteiger partial charge in [-0.3, -0.25) is 9.36 Å². The highest BCUT2D eigenvalue weighted by Gasteiger charge is 2.43. The number of pyridine rings is 1. The second-order valence-electron chi connectivity index (χ2n) is 7.07. The fourth-order valence-corrected chi connectivity index (χ4v) is 3.82. The van der Waals surface area contributed by atoms with E-state index in [9.17, 15) is 9.59 Å². The average Bonchev–Trinajstić information content (AvgIpc) is 3.42. The monoisotopic (exact) mass is 403 g/mol. The molecule has 2 aromatic carbocycles. The highest BCUT2D eigenvalue weighted by Crippen LogP contribution is 2.38. The number of hydrogen-bond acceptors (Lipinski definition) is 4. The first kappa shape index (κ1) is 17.5. The minimum absolute atomic E-state index is 0.210. The summed E-state index contributed by atoms with van der Waals surface area (Å²) in [6.07, 6.45) is 2.17. The van der Waals surface area contributed by atoms with Crippen LogP contribution in [-0.2, 0) is 4.79 Å². The van der Waals surface area contributed by atoms with Crippen molar-refractivity contribution in [3.05, 3.63) is 64.2 Å². The zero-order valence-electron chi connectivity index (χ0n) is 15.0. The van der Waals surface area contributed by atoms with E-state index >= 15 is 0 Å². The van der Waals surface area contributed by atoms with Gasteiger partial charge in [-0.1, -0.05) is 23.7 Å².